The third kappa shape index (κ3) is 1.91. The smallest absolute Gasteiger partial charge is 0.140 e. The van der Waals surface area contributed by atoms with Crippen molar-refractivity contribution < 1.29 is 5.11 Å². The second kappa shape index (κ2) is 4.51. The van der Waals surface area contributed by atoms with Crippen LogP contribution in [0.4, 0.5) is 0 Å². The lowest BCUT2D eigenvalue weighted by atomic mass is 10.2. The van der Waals surface area contributed by atoms with Crippen molar-refractivity contribution in [3.8, 4) is 0 Å². The quantitative estimate of drug-likeness (QED) is 0.785. The first-order valence-electron chi connectivity index (χ1n) is 5.72. The summed E-state index contributed by atoms with van der Waals surface area (Å²) in [6, 6.07) is 3.87. The summed E-state index contributed by atoms with van der Waals surface area (Å²) in [5.41, 5.74) is 2.83. The standard InChI is InChI=1S/C13H13N3OS/c1-9-15-11(8-18-9)6-16-5-10(7-17)12-3-2-4-14-13(12)16/h2-5,8,17H,6-7H2,1H3. The molecule has 0 radical (unpaired) electrons. The van der Waals surface area contributed by atoms with Gasteiger partial charge in [0.05, 0.1) is 23.9 Å². The minimum Gasteiger partial charge on any atom is -0.392 e. The molecule has 18 heavy (non-hydrogen) atoms. The molecule has 3 aromatic rings. The van der Waals surface area contributed by atoms with Gasteiger partial charge < -0.3 is 9.67 Å². The number of aromatic nitrogens is 3. The predicted molar refractivity (Wildman–Crippen MR) is 71.6 cm³/mol. The summed E-state index contributed by atoms with van der Waals surface area (Å²) in [5.74, 6) is 0. The lowest BCUT2D eigenvalue weighted by molar-refractivity contribution is 0.283. The summed E-state index contributed by atoms with van der Waals surface area (Å²) >= 11 is 1.65. The highest BCUT2D eigenvalue weighted by molar-refractivity contribution is 7.09. The Morgan fingerprint density at radius 3 is 3.06 bits per heavy atom. The Bertz CT molecular complexity index is 686. The first-order chi connectivity index (χ1) is 8.78. The number of fused-ring (bicyclic) bond motifs is 1. The van der Waals surface area contributed by atoms with Crippen LogP contribution in [0.1, 0.15) is 16.3 Å². The van der Waals surface area contributed by atoms with Gasteiger partial charge in [0.15, 0.2) is 0 Å². The van der Waals surface area contributed by atoms with Gasteiger partial charge >= 0.3 is 0 Å². The fourth-order valence-corrected chi connectivity index (χ4v) is 2.70. The summed E-state index contributed by atoms with van der Waals surface area (Å²) < 4.78 is 2.04. The van der Waals surface area contributed by atoms with Crippen LogP contribution in [0.15, 0.2) is 29.9 Å². The van der Waals surface area contributed by atoms with Gasteiger partial charge in [-0.15, -0.1) is 11.3 Å². The molecule has 92 valence electrons. The lowest BCUT2D eigenvalue weighted by Crippen LogP contribution is -1.99. The Labute approximate surface area is 109 Å². The highest BCUT2D eigenvalue weighted by Gasteiger charge is 2.09. The van der Waals surface area contributed by atoms with Crippen molar-refractivity contribution in [3.63, 3.8) is 0 Å². The number of nitrogens with zero attached hydrogens (tertiary/aromatic N) is 3. The van der Waals surface area contributed by atoms with E-state index in [1.165, 1.54) is 0 Å². The Morgan fingerprint density at radius 2 is 2.33 bits per heavy atom. The SMILES string of the molecule is Cc1nc(Cn2cc(CO)c3cccnc32)cs1. The molecule has 0 spiro atoms. The zero-order valence-corrected chi connectivity index (χ0v) is 10.8. The summed E-state index contributed by atoms with van der Waals surface area (Å²) in [4.78, 5) is 8.84. The van der Waals surface area contributed by atoms with Crippen LogP contribution in [-0.2, 0) is 13.2 Å². The number of aliphatic hydroxyl groups excluding tert-OH is 1. The van der Waals surface area contributed by atoms with Crippen molar-refractivity contribution in [2.45, 2.75) is 20.1 Å². The molecule has 0 aromatic carbocycles. The zero-order valence-electron chi connectivity index (χ0n) is 10.00. The normalized spacial score (nSPS) is 11.2. The first-order valence-corrected chi connectivity index (χ1v) is 6.60. The molecule has 0 amide bonds. The average molecular weight is 259 g/mol. The summed E-state index contributed by atoms with van der Waals surface area (Å²) in [6.45, 7) is 2.72. The number of pyridine rings is 1. The number of hydrogen-bond acceptors (Lipinski definition) is 4. The number of aliphatic hydroxyl groups is 1. The van der Waals surface area contributed by atoms with Gasteiger partial charge in [0.2, 0.25) is 0 Å². The predicted octanol–water partition coefficient (Wildman–Crippen LogP) is 2.34. The van der Waals surface area contributed by atoms with Gasteiger partial charge in [-0.3, -0.25) is 0 Å². The monoisotopic (exact) mass is 259 g/mol. The fraction of sp³-hybridized carbons (Fsp3) is 0.231. The fourth-order valence-electron chi connectivity index (χ4n) is 2.10. The van der Waals surface area contributed by atoms with Crippen LogP contribution in [0.2, 0.25) is 0 Å². The van der Waals surface area contributed by atoms with Crippen LogP contribution in [0, 0.1) is 6.92 Å². The largest absolute Gasteiger partial charge is 0.392 e. The van der Waals surface area contributed by atoms with Crippen molar-refractivity contribution in [2.75, 3.05) is 0 Å². The number of rotatable bonds is 3. The molecule has 3 heterocycles. The van der Waals surface area contributed by atoms with E-state index in [0.29, 0.717) is 6.54 Å². The molecule has 0 aliphatic carbocycles. The third-order valence-electron chi connectivity index (χ3n) is 2.89. The molecule has 0 saturated carbocycles. The molecule has 5 heteroatoms. The molecule has 0 aliphatic rings. The van der Waals surface area contributed by atoms with Crippen molar-refractivity contribution in [1.29, 1.82) is 0 Å². The van der Waals surface area contributed by atoms with Gasteiger partial charge in [0, 0.05) is 28.7 Å². The molecule has 4 nitrogen and oxygen atoms in total. The van der Waals surface area contributed by atoms with E-state index >= 15 is 0 Å². The van der Waals surface area contributed by atoms with Crippen molar-refractivity contribution >= 4 is 22.4 Å². The molecular weight excluding hydrogens is 246 g/mol. The molecule has 3 rings (SSSR count). The molecular formula is C13H13N3OS. The maximum atomic E-state index is 9.36. The molecule has 0 unspecified atom stereocenters. The highest BCUT2D eigenvalue weighted by atomic mass is 32.1. The number of thiazole rings is 1. The molecule has 0 bridgehead atoms. The van der Waals surface area contributed by atoms with Crippen molar-refractivity contribution in [1.82, 2.24) is 14.5 Å². The lowest BCUT2D eigenvalue weighted by Gasteiger charge is -2.01. The van der Waals surface area contributed by atoms with Gasteiger partial charge in [-0.25, -0.2) is 9.97 Å². The number of hydrogen-bond donors (Lipinski definition) is 1. The highest BCUT2D eigenvalue weighted by Crippen LogP contribution is 2.20. The molecule has 0 saturated heterocycles. The zero-order chi connectivity index (χ0) is 12.5. The van der Waals surface area contributed by atoms with Gasteiger partial charge in [-0.1, -0.05) is 0 Å². The van der Waals surface area contributed by atoms with Crippen LogP contribution in [0.3, 0.4) is 0 Å². The van der Waals surface area contributed by atoms with Crippen LogP contribution >= 0.6 is 11.3 Å². The van der Waals surface area contributed by atoms with Crippen LogP contribution < -0.4 is 0 Å². The molecule has 0 aliphatic heterocycles. The average Bonchev–Trinajstić information content (AvgIpc) is 2.95. The van der Waals surface area contributed by atoms with E-state index in [0.717, 1.165) is 27.3 Å². The topological polar surface area (TPSA) is 50.9 Å². The Balaban J connectivity index is 2.06. The maximum absolute atomic E-state index is 9.36. The third-order valence-corrected chi connectivity index (χ3v) is 3.71. The minimum atomic E-state index is 0.0330. The summed E-state index contributed by atoms with van der Waals surface area (Å²) in [6.07, 6.45) is 3.72. The molecule has 0 fully saturated rings. The summed E-state index contributed by atoms with van der Waals surface area (Å²) in [5, 5.41) is 13.5. The van der Waals surface area contributed by atoms with Crippen LogP contribution in [0.25, 0.3) is 11.0 Å². The van der Waals surface area contributed by atoms with Gasteiger partial charge in [0.1, 0.15) is 5.65 Å². The molecule has 1 N–H and O–H groups in total. The first kappa shape index (κ1) is 11.4. The van der Waals surface area contributed by atoms with E-state index in [1.807, 2.05) is 29.8 Å². The van der Waals surface area contributed by atoms with E-state index in [-0.39, 0.29) is 6.61 Å². The maximum Gasteiger partial charge on any atom is 0.140 e. The Kier molecular flexibility index (Phi) is 2.85. The molecule has 0 atom stereocenters. The van der Waals surface area contributed by atoms with Gasteiger partial charge in [-0.2, -0.15) is 0 Å². The Hall–Kier alpha value is -1.72. The van der Waals surface area contributed by atoms with Crippen molar-refractivity contribution in [3.05, 3.63) is 46.2 Å². The molecule has 3 aromatic heterocycles. The van der Waals surface area contributed by atoms with E-state index in [2.05, 4.69) is 15.3 Å². The van der Waals surface area contributed by atoms with E-state index < -0.39 is 0 Å². The van der Waals surface area contributed by atoms with Crippen molar-refractivity contribution in [2.24, 2.45) is 0 Å². The Morgan fingerprint density at radius 1 is 1.44 bits per heavy atom. The van der Waals surface area contributed by atoms with Gasteiger partial charge in [0.25, 0.3) is 0 Å². The summed E-state index contributed by atoms with van der Waals surface area (Å²) in [7, 11) is 0. The van der Waals surface area contributed by atoms with E-state index in [1.54, 1.807) is 17.5 Å². The second-order valence-electron chi connectivity index (χ2n) is 4.17. The van der Waals surface area contributed by atoms with Crippen LogP contribution in [0.5, 0.6) is 0 Å². The van der Waals surface area contributed by atoms with Crippen LogP contribution in [-0.4, -0.2) is 19.6 Å². The van der Waals surface area contributed by atoms with Gasteiger partial charge in [-0.05, 0) is 19.1 Å². The van der Waals surface area contributed by atoms with E-state index in [4.69, 9.17) is 0 Å². The minimum absolute atomic E-state index is 0.0330. The number of aryl methyl sites for hydroxylation is 1. The van der Waals surface area contributed by atoms with E-state index in [9.17, 15) is 5.11 Å². The second-order valence-corrected chi connectivity index (χ2v) is 5.24.